The van der Waals surface area contributed by atoms with E-state index in [1.165, 1.54) is 16.8 Å². The first kappa shape index (κ1) is 20.5. The van der Waals surface area contributed by atoms with Crippen LogP contribution in [0, 0.1) is 6.92 Å². The van der Waals surface area contributed by atoms with Gasteiger partial charge in [0.15, 0.2) is 0 Å². The minimum atomic E-state index is -0.150. The number of hydrogen-bond donors (Lipinski definition) is 1. The van der Waals surface area contributed by atoms with E-state index in [9.17, 15) is 4.79 Å². The van der Waals surface area contributed by atoms with Crippen molar-refractivity contribution < 1.29 is 9.53 Å². The van der Waals surface area contributed by atoms with Crippen molar-refractivity contribution in [3.63, 3.8) is 0 Å². The molecule has 4 rings (SSSR count). The Morgan fingerprint density at radius 3 is 2.80 bits per heavy atom. The molecule has 0 spiro atoms. The molecule has 30 heavy (non-hydrogen) atoms. The Labute approximate surface area is 181 Å². The van der Waals surface area contributed by atoms with E-state index in [0.717, 1.165) is 55.4 Å². The van der Waals surface area contributed by atoms with E-state index < -0.39 is 0 Å². The maximum absolute atomic E-state index is 12.2. The van der Waals surface area contributed by atoms with Crippen molar-refractivity contribution in [2.75, 3.05) is 26.3 Å². The molecule has 1 amide bonds. The number of carbonyl (C=O) groups is 1. The molecule has 1 aliphatic carbocycles. The van der Waals surface area contributed by atoms with Crippen molar-refractivity contribution in [1.29, 1.82) is 0 Å². The topological polar surface area (TPSA) is 66.8 Å². The van der Waals surface area contributed by atoms with E-state index in [1.807, 2.05) is 18.4 Å². The molecule has 1 aromatic heterocycles. The monoisotopic (exact) mass is 422 g/mol. The first-order chi connectivity index (χ1) is 14.7. The fourth-order valence-corrected chi connectivity index (χ4v) is 4.41. The normalized spacial score (nSPS) is 18.6. The summed E-state index contributed by atoms with van der Waals surface area (Å²) < 4.78 is 5.54. The molecular weight excluding hydrogens is 396 g/mol. The SMILES string of the molecule is Cc1nc(CC(=O)N/N=C\C2=C(N3CCOCC3)C(=Cc3ccccc3)CC2)cs1. The lowest BCUT2D eigenvalue weighted by Gasteiger charge is -2.31. The molecule has 1 aliphatic heterocycles. The quantitative estimate of drug-likeness (QED) is 0.571. The molecule has 0 radical (unpaired) electrons. The summed E-state index contributed by atoms with van der Waals surface area (Å²) in [5, 5.41) is 7.13. The van der Waals surface area contributed by atoms with Crippen LogP contribution >= 0.6 is 11.3 Å². The van der Waals surface area contributed by atoms with Crippen LogP contribution in [-0.2, 0) is 16.0 Å². The van der Waals surface area contributed by atoms with E-state index in [-0.39, 0.29) is 12.3 Å². The summed E-state index contributed by atoms with van der Waals surface area (Å²) in [7, 11) is 0. The Kier molecular flexibility index (Phi) is 6.71. The summed E-state index contributed by atoms with van der Waals surface area (Å²) in [4.78, 5) is 18.9. The molecule has 0 unspecified atom stereocenters. The van der Waals surface area contributed by atoms with E-state index in [1.54, 1.807) is 17.6 Å². The van der Waals surface area contributed by atoms with Crippen LogP contribution in [-0.4, -0.2) is 48.3 Å². The fraction of sp³-hybridized carbons (Fsp3) is 0.348. The predicted octanol–water partition coefficient (Wildman–Crippen LogP) is 3.56. The van der Waals surface area contributed by atoms with Gasteiger partial charge in [-0.3, -0.25) is 4.79 Å². The van der Waals surface area contributed by atoms with Crippen LogP contribution in [0.25, 0.3) is 6.08 Å². The van der Waals surface area contributed by atoms with Crippen LogP contribution in [0.4, 0.5) is 0 Å². The van der Waals surface area contributed by atoms with Gasteiger partial charge in [0.25, 0.3) is 0 Å². The average Bonchev–Trinajstić information content (AvgIpc) is 3.35. The molecule has 0 saturated carbocycles. The third-order valence-electron chi connectivity index (χ3n) is 5.16. The number of ether oxygens (including phenoxy) is 1. The number of nitrogens with zero attached hydrogens (tertiary/aromatic N) is 3. The number of nitrogens with one attached hydrogen (secondary N) is 1. The summed E-state index contributed by atoms with van der Waals surface area (Å²) in [6, 6.07) is 10.4. The highest BCUT2D eigenvalue weighted by molar-refractivity contribution is 7.09. The van der Waals surface area contributed by atoms with Crippen molar-refractivity contribution in [1.82, 2.24) is 15.3 Å². The Morgan fingerprint density at radius 2 is 2.07 bits per heavy atom. The van der Waals surface area contributed by atoms with E-state index in [2.05, 4.69) is 50.8 Å². The minimum absolute atomic E-state index is 0.150. The molecule has 1 fully saturated rings. The summed E-state index contributed by atoms with van der Waals surface area (Å²) in [5.41, 5.74) is 8.34. The van der Waals surface area contributed by atoms with Crippen molar-refractivity contribution in [2.45, 2.75) is 26.2 Å². The molecule has 1 N–H and O–H groups in total. The third kappa shape index (κ3) is 5.23. The van der Waals surface area contributed by atoms with Crippen LogP contribution in [0.2, 0.25) is 0 Å². The van der Waals surface area contributed by atoms with Crippen molar-refractivity contribution in [3.05, 3.63) is 68.8 Å². The number of allylic oxidation sites excluding steroid dienone is 2. The number of thiazole rings is 1. The van der Waals surface area contributed by atoms with E-state index in [0.29, 0.717) is 0 Å². The molecule has 1 aromatic carbocycles. The number of hydrazone groups is 1. The van der Waals surface area contributed by atoms with Gasteiger partial charge >= 0.3 is 0 Å². The number of hydrogen-bond acceptors (Lipinski definition) is 6. The Hall–Kier alpha value is -2.77. The number of carbonyl (C=O) groups excluding carboxylic acids is 1. The summed E-state index contributed by atoms with van der Waals surface area (Å²) in [5.74, 6) is -0.150. The zero-order chi connectivity index (χ0) is 20.8. The standard InChI is InChI=1S/C23H26N4O2S/c1-17-25-21(16-30-17)14-22(28)26-24-15-20-8-7-19(13-18-5-3-2-4-6-18)23(20)27-9-11-29-12-10-27/h2-6,13,15-16H,7-12,14H2,1H3,(H,26,28)/b19-13?,24-15-. The maximum Gasteiger partial charge on any atom is 0.246 e. The van der Waals surface area contributed by atoms with Gasteiger partial charge < -0.3 is 9.64 Å². The zero-order valence-corrected chi connectivity index (χ0v) is 18.0. The Bertz CT molecular complexity index is 972. The first-order valence-corrected chi connectivity index (χ1v) is 11.1. The lowest BCUT2D eigenvalue weighted by atomic mass is 10.1. The molecule has 0 atom stereocenters. The number of morpholine rings is 1. The van der Waals surface area contributed by atoms with Gasteiger partial charge in [0.1, 0.15) is 0 Å². The van der Waals surface area contributed by atoms with Gasteiger partial charge in [-0.1, -0.05) is 30.3 Å². The largest absolute Gasteiger partial charge is 0.378 e. The molecule has 2 aliphatic rings. The van der Waals surface area contributed by atoms with Gasteiger partial charge in [0, 0.05) is 24.2 Å². The molecule has 1 saturated heterocycles. The average molecular weight is 423 g/mol. The van der Waals surface area contributed by atoms with Crippen LogP contribution in [0.5, 0.6) is 0 Å². The van der Waals surface area contributed by atoms with Gasteiger partial charge in [-0.25, -0.2) is 10.4 Å². The van der Waals surface area contributed by atoms with Crippen molar-refractivity contribution in [3.8, 4) is 0 Å². The second kappa shape index (κ2) is 9.82. The zero-order valence-electron chi connectivity index (χ0n) is 17.1. The van der Waals surface area contributed by atoms with Gasteiger partial charge in [0.2, 0.25) is 5.91 Å². The molecule has 0 bridgehead atoms. The van der Waals surface area contributed by atoms with Gasteiger partial charge in [-0.15, -0.1) is 11.3 Å². The second-order valence-corrected chi connectivity index (χ2v) is 8.44. The summed E-state index contributed by atoms with van der Waals surface area (Å²) in [6.45, 7) is 5.14. The van der Waals surface area contributed by atoms with E-state index in [4.69, 9.17) is 4.74 Å². The number of aryl methyl sites for hydroxylation is 1. The van der Waals surface area contributed by atoms with Crippen molar-refractivity contribution in [2.24, 2.45) is 5.10 Å². The van der Waals surface area contributed by atoms with Gasteiger partial charge in [-0.05, 0) is 42.6 Å². The summed E-state index contributed by atoms with van der Waals surface area (Å²) >= 11 is 1.55. The predicted molar refractivity (Wildman–Crippen MR) is 120 cm³/mol. The van der Waals surface area contributed by atoms with Crippen LogP contribution in [0.15, 0.2) is 57.7 Å². The molecule has 6 nitrogen and oxygen atoms in total. The molecule has 2 heterocycles. The van der Waals surface area contributed by atoms with Gasteiger partial charge in [0.05, 0.1) is 36.6 Å². The number of amides is 1. The molecule has 156 valence electrons. The first-order valence-electron chi connectivity index (χ1n) is 10.2. The third-order valence-corrected chi connectivity index (χ3v) is 5.98. The fourth-order valence-electron chi connectivity index (χ4n) is 3.80. The number of rotatable bonds is 6. The lowest BCUT2D eigenvalue weighted by molar-refractivity contribution is -0.120. The highest BCUT2D eigenvalue weighted by atomic mass is 32.1. The lowest BCUT2D eigenvalue weighted by Crippen LogP contribution is -2.36. The molecular formula is C23H26N4O2S. The van der Waals surface area contributed by atoms with Crippen molar-refractivity contribution >= 4 is 29.5 Å². The highest BCUT2D eigenvalue weighted by Crippen LogP contribution is 2.34. The van der Waals surface area contributed by atoms with Crippen LogP contribution in [0.1, 0.15) is 29.1 Å². The maximum atomic E-state index is 12.2. The van der Waals surface area contributed by atoms with Crippen LogP contribution < -0.4 is 5.43 Å². The Morgan fingerprint density at radius 1 is 1.27 bits per heavy atom. The molecule has 7 heteroatoms. The van der Waals surface area contributed by atoms with E-state index >= 15 is 0 Å². The minimum Gasteiger partial charge on any atom is -0.378 e. The number of benzene rings is 1. The molecule has 2 aromatic rings. The van der Waals surface area contributed by atoms with Crippen LogP contribution in [0.3, 0.4) is 0 Å². The number of aromatic nitrogens is 1. The highest BCUT2D eigenvalue weighted by Gasteiger charge is 2.25. The second-order valence-electron chi connectivity index (χ2n) is 7.38. The smallest absolute Gasteiger partial charge is 0.246 e. The summed E-state index contributed by atoms with van der Waals surface area (Å²) in [6.07, 6.45) is 6.19. The van der Waals surface area contributed by atoms with Gasteiger partial charge in [-0.2, -0.15) is 5.10 Å². The Balaban J connectivity index is 1.50.